The zero-order chi connectivity index (χ0) is 17.9. The normalized spacial score (nSPS) is 12.5. The number of carbonyl (C=O) groups excluding carboxylic acids is 1. The van der Waals surface area contributed by atoms with Gasteiger partial charge in [-0.25, -0.2) is 0 Å². The smallest absolute Gasteiger partial charge is 0.293 e. The topological polar surface area (TPSA) is 92.5 Å². The van der Waals surface area contributed by atoms with Gasteiger partial charge in [0, 0.05) is 17.2 Å². The Morgan fingerprint density at radius 1 is 1.17 bits per heavy atom. The molecule has 0 amide bonds. The lowest BCUT2D eigenvalue weighted by atomic mass is 9.99. The van der Waals surface area contributed by atoms with Crippen molar-refractivity contribution in [2.45, 2.75) is 32.4 Å². The van der Waals surface area contributed by atoms with Crippen molar-refractivity contribution in [1.29, 1.82) is 0 Å². The van der Waals surface area contributed by atoms with Crippen LogP contribution < -0.4 is 5.32 Å². The van der Waals surface area contributed by atoms with Crippen molar-refractivity contribution in [2.75, 3.05) is 5.32 Å². The van der Waals surface area contributed by atoms with Crippen LogP contribution in [0, 0.1) is 10.1 Å². The largest absolute Gasteiger partial charge is 0.388 e. The first-order valence-electron chi connectivity index (χ1n) is 7.57. The molecule has 6 heteroatoms. The molecule has 0 aliphatic heterocycles. The van der Waals surface area contributed by atoms with E-state index in [1.165, 1.54) is 12.1 Å². The Kier molecular flexibility index (Phi) is 4.99. The fourth-order valence-corrected chi connectivity index (χ4v) is 2.11. The van der Waals surface area contributed by atoms with Crippen LogP contribution >= 0.6 is 0 Å². The third-order valence-electron chi connectivity index (χ3n) is 3.92. The van der Waals surface area contributed by atoms with Crippen LogP contribution in [0.2, 0.25) is 0 Å². The van der Waals surface area contributed by atoms with E-state index >= 15 is 0 Å². The Morgan fingerprint density at radius 2 is 1.79 bits per heavy atom. The van der Waals surface area contributed by atoms with E-state index in [2.05, 4.69) is 5.32 Å². The molecule has 0 unspecified atom stereocenters. The first-order chi connectivity index (χ1) is 11.2. The highest BCUT2D eigenvalue weighted by Gasteiger charge is 2.25. The maximum Gasteiger partial charge on any atom is 0.293 e. The van der Waals surface area contributed by atoms with E-state index in [0.29, 0.717) is 5.56 Å². The summed E-state index contributed by atoms with van der Waals surface area (Å²) in [5, 5.41) is 24.3. The van der Waals surface area contributed by atoms with Gasteiger partial charge in [0.25, 0.3) is 5.69 Å². The number of ketones is 1. The van der Waals surface area contributed by atoms with Gasteiger partial charge in [-0.1, -0.05) is 30.3 Å². The zero-order valence-electron chi connectivity index (χ0n) is 13.8. The number of nitro benzene ring substituents is 1. The van der Waals surface area contributed by atoms with Crippen LogP contribution in [0.5, 0.6) is 0 Å². The second-order valence-electron chi connectivity index (χ2n) is 6.20. The summed E-state index contributed by atoms with van der Waals surface area (Å²) in [4.78, 5) is 23.2. The van der Waals surface area contributed by atoms with Crippen molar-refractivity contribution in [2.24, 2.45) is 0 Å². The van der Waals surface area contributed by atoms with Gasteiger partial charge < -0.3 is 10.4 Å². The summed E-state index contributed by atoms with van der Waals surface area (Å²) in [6, 6.07) is 12.5. The lowest BCUT2D eigenvalue weighted by Gasteiger charge is -2.27. The molecule has 2 aromatic carbocycles. The number of rotatable bonds is 6. The molecule has 2 rings (SSSR count). The number of nitrogens with one attached hydrogen (secondary N) is 1. The van der Waals surface area contributed by atoms with Crippen LogP contribution in [-0.4, -0.2) is 27.5 Å². The van der Waals surface area contributed by atoms with Gasteiger partial charge in [0.05, 0.1) is 16.6 Å². The van der Waals surface area contributed by atoms with Gasteiger partial charge in [0.2, 0.25) is 0 Å². The zero-order valence-corrected chi connectivity index (χ0v) is 13.8. The van der Waals surface area contributed by atoms with Crippen molar-refractivity contribution >= 4 is 17.2 Å². The molecule has 0 heterocycles. The SMILES string of the molecule is C[C@@H](Nc1ccc(C(=O)c2ccccc2)cc1[N+](=O)[O-])C(C)(C)O. The highest BCUT2D eigenvalue weighted by atomic mass is 16.6. The molecular formula is C18H20N2O4. The van der Waals surface area contributed by atoms with Crippen molar-refractivity contribution in [3.63, 3.8) is 0 Å². The molecule has 0 aliphatic carbocycles. The minimum absolute atomic E-state index is 0.201. The maximum atomic E-state index is 12.4. The predicted octanol–water partition coefficient (Wildman–Crippen LogP) is 3.40. The van der Waals surface area contributed by atoms with E-state index in [4.69, 9.17) is 0 Å². The Labute approximate surface area is 140 Å². The van der Waals surface area contributed by atoms with Crippen LogP contribution in [0.15, 0.2) is 48.5 Å². The number of nitrogens with zero attached hydrogens (tertiary/aromatic N) is 1. The summed E-state index contributed by atoms with van der Waals surface area (Å²) in [6.07, 6.45) is 0. The molecule has 0 aliphatic rings. The van der Waals surface area contributed by atoms with Gasteiger partial charge in [-0.3, -0.25) is 14.9 Å². The lowest BCUT2D eigenvalue weighted by molar-refractivity contribution is -0.384. The van der Waals surface area contributed by atoms with Gasteiger partial charge in [-0.05, 0) is 32.9 Å². The van der Waals surface area contributed by atoms with Gasteiger partial charge >= 0.3 is 0 Å². The Bertz CT molecular complexity index is 751. The van der Waals surface area contributed by atoms with E-state index in [1.54, 1.807) is 57.2 Å². The molecule has 0 spiro atoms. The van der Waals surface area contributed by atoms with Crippen molar-refractivity contribution in [3.8, 4) is 0 Å². The molecule has 1 atom stereocenters. The van der Waals surface area contributed by atoms with Gasteiger partial charge in [0.1, 0.15) is 5.69 Å². The molecule has 6 nitrogen and oxygen atoms in total. The number of anilines is 1. The van der Waals surface area contributed by atoms with Crippen LogP contribution in [0.25, 0.3) is 0 Å². The van der Waals surface area contributed by atoms with Crippen molar-refractivity contribution in [3.05, 3.63) is 69.8 Å². The van der Waals surface area contributed by atoms with Crippen LogP contribution in [0.1, 0.15) is 36.7 Å². The van der Waals surface area contributed by atoms with E-state index in [-0.39, 0.29) is 22.7 Å². The van der Waals surface area contributed by atoms with Gasteiger partial charge in [-0.2, -0.15) is 0 Å². The number of benzene rings is 2. The lowest BCUT2D eigenvalue weighted by Crippen LogP contribution is -2.39. The number of nitro groups is 1. The van der Waals surface area contributed by atoms with Crippen molar-refractivity contribution in [1.82, 2.24) is 0 Å². The molecule has 2 N–H and O–H groups in total. The first-order valence-corrected chi connectivity index (χ1v) is 7.57. The monoisotopic (exact) mass is 328 g/mol. The molecule has 0 bridgehead atoms. The average Bonchev–Trinajstić information content (AvgIpc) is 2.54. The number of aliphatic hydroxyl groups is 1. The van der Waals surface area contributed by atoms with E-state index in [9.17, 15) is 20.0 Å². The molecule has 0 fully saturated rings. The van der Waals surface area contributed by atoms with Gasteiger partial charge in [0.15, 0.2) is 5.78 Å². The Balaban J connectivity index is 2.37. The van der Waals surface area contributed by atoms with Gasteiger partial charge in [-0.15, -0.1) is 0 Å². The van der Waals surface area contributed by atoms with E-state index in [0.717, 1.165) is 0 Å². The second kappa shape index (κ2) is 6.80. The summed E-state index contributed by atoms with van der Waals surface area (Å²) in [5.74, 6) is -0.277. The Morgan fingerprint density at radius 3 is 2.33 bits per heavy atom. The molecule has 0 saturated carbocycles. The molecule has 0 radical (unpaired) electrons. The molecule has 126 valence electrons. The van der Waals surface area contributed by atoms with Crippen LogP contribution in [0.4, 0.5) is 11.4 Å². The summed E-state index contributed by atoms with van der Waals surface area (Å²) in [5.41, 5.74) is -0.272. The highest BCUT2D eigenvalue weighted by molar-refractivity contribution is 6.09. The third kappa shape index (κ3) is 3.97. The first kappa shape index (κ1) is 17.6. The minimum Gasteiger partial charge on any atom is -0.388 e. The minimum atomic E-state index is -1.05. The number of hydrogen-bond acceptors (Lipinski definition) is 5. The fourth-order valence-electron chi connectivity index (χ4n) is 2.11. The van der Waals surface area contributed by atoms with Crippen molar-refractivity contribution < 1.29 is 14.8 Å². The van der Waals surface area contributed by atoms with E-state index < -0.39 is 16.6 Å². The molecule has 0 saturated heterocycles. The summed E-state index contributed by atoms with van der Waals surface area (Å²) in [6.45, 7) is 4.96. The molecule has 24 heavy (non-hydrogen) atoms. The highest BCUT2D eigenvalue weighted by Crippen LogP contribution is 2.28. The fraction of sp³-hybridized carbons (Fsp3) is 0.278. The van der Waals surface area contributed by atoms with E-state index in [1.807, 2.05) is 0 Å². The average molecular weight is 328 g/mol. The van der Waals surface area contributed by atoms with Crippen LogP contribution in [-0.2, 0) is 0 Å². The summed E-state index contributed by atoms with van der Waals surface area (Å²) >= 11 is 0. The molecule has 0 aromatic heterocycles. The summed E-state index contributed by atoms with van der Waals surface area (Å²) < 4.78 is 0. The maximum absolute atomic E-state index is 12.4. The van der Waals surface area contributed by atoms with Crippen LogP contribution in [0.3, 0.4) is 0 Å². The second-order valence-corrected chi connectivity index (χ2v) is 6.20. The predicted molar refractivity (Wildman–Crippen MR) is 92.4 cm³/mol. The Hall–Kier alpha value is -2.73. The number of hydrogen-bond donors (Lipinski definition) is 2. The molecule has 2 aromatic rings. The standard InChI is InChI=1S/C18H20N2O4/c1-12(18(2,3)22)19-15-10-9-14(11-16(15)20(23)24)17(21)13-7-5-4-6-8-13/h4-12,19,22H,1-3H3/t12-/m1/s1. The molecular weight excluding hydrogens is 308 g/mol. The number of carbonyl (C=O) groups is 1. The third-order valence-corrected chi connectivity index (χ3v) is 3.92. The quantitative estimate of drug-likeness (QED) is 0.482. The summed E-state index contributed by atoms with van der Waals surface area (Å²) in [7, 11) is 0.